The van der Waals surface area contributed by atoms with Crippen LogP contribution in [0.15, 0.2) is 24.5 Å². The van der Waals surface area contributed by atoms with E-state index in [9.17, 15) is 8.42 Å². The van der Waals surface area contributed by atoms with Crippen molar-refractivity contribution in [1.82, 2.24) is 9.29 Å². The Bertz CT molecular complexity index is 501. The van der Waals surface area contributed by atoms with Gasteiger partial charge in [-0.1, -0.05) is 28.8 Å². The minimum atomic E-state index is -3.18. The fourth-order valence-corrected chi connectivity index (χ4v) is 5.12. The molecule has 1 aliphatic carbocycles. The first-order valence-electron chi connectivity index (χ1n) is 7.08. The van der Waals surface area contributed by atoms with Gasteiger partial charge in [0.15, 0.2) is 0 Å². The summed E-state index contributed by atoms with van der Waals surface area (Å²) in [6.45, 7) is 0.573. The smallest absolute Gasteiger partial charge is 0.214 e. The first-order valence-corrected chi connectivity index (χ1v) is 9.81. The van der Waals surface area contributed by atoms with E-state index < -0.39 is 10.0 Å². The topological polar surface area (TPSA) is 50.3 Å². The summed E-state index contributed by atoms with van der Waals surface area (Å²) in [4.78, 5) is 3.95. The SMILES string of the molecule is O=S(=O)(CCc1ccncc1)N(CCBr)C1CCCC1. The number of aromatic nitrogens is 1. The lowest BCUT2D eigenvalue weighted by molar-refractivity contribution is 0.338. The monoisotopic (exact) mass is 360 g/mol. The zero-order chi connectivity index (χ0) is 14.4. The predicted octanol–water partition coefficient (Wildman–Crippen LogP) is 2.59. The van der Waals surface area contributed by atoms with Crippen LogP contribution in [0.25, 0.3) is 0 Å². The molecule has 1 aromatic heterocycles. The summed E-state index contributed by atoms with van der Waals surface area (Å²) in [5, 5.41) is 0.692. The third-order valence-corrected chi connectivity index (χ3v) is 6.06. The number of sulfonamides is 1. The molecule has 0 amide bonds. The zero-order valence-corrected chi connectivity index (χ0v) is 13.9. The van der Waals surface area contributed by atoms with E-state index in [1.807, 2.05) is 12.1 Å². The van der Waals surface area contributed by atoms with Crippen molar-refractivity contribution in [1.29, 1.82) is 0 Å². The van der Waals surface area contributed by atoms with Gasteiger partial charge in [0.2, 0.25) is 10.0 Å². The molecule has 0 aliphatic heterocycles. The third-order valence-electron chi connectivity index (χ3n) is 3.79. The number of hydrogen-bond acceptors (Lipinski definition) is 3. The van der Waals surface area contributed by atoms with Crippen LogP contribution in [-0.2, 0) is 16.4 Å². The first kappa shape index (κ1) is 15.9. The molecule has 1 aliphatic rings. The molecule has 1 fully saturated rings. The van der Waals surface area contributed by atoms with E-state index in [2.05, 4.69) is 20.9 Å². The predicted molar refractivity (Wildman–Crippen MR) is 84.5 cm³/mol. The largest absolute Gasteiger partial charge is 0.265 e. The standard InChI is InChI=1S/C14H21BrN2O2S/c15-8-11-17(14-3-1-2-4-14)20(18,19)12-7-13-5-9-16-10-6-13/h5-6,9-10,14H,1-4,7-8,11-12H2. The molecule has 1 heterocycles. The normalized spacial score (nSPS) is 16.9. The highest BCUT2D eigenvalue weighted by atomic mass is 79.9. The lowest BCUT2D eigenvalue weighted by atomic mass is 10.2. The second kappa shape index (κ2) is 7.52. The minimum Gasteiger partial charge on any atom is -0.265 e. The molecular formula is C14H21BrN2O2S. The van der Waals surface area contributed by atoms with Gasteiger partial charge in [0.25, 0.3) is 0 Å². The molecule has 112 valence electrons. The van der Waals surface area contributed by atoms with E-state index in [0.29, 0.717) is 18.3 Å². The van der Waals surface area contributed by atoms with Crippen LogP contribution in [0.2, 0.25) is 0 Å². The minimum absolute atomic E-state index is 0.181. The first-order chi connectivity index (χ1) is 9.63. The molecule has 1 aromatic rings. The maximum absolute atomic E-state index is 12.6. The molecule has 20 heavy (non-hydrogen) atoms. The molecule has 1 saturated carbocycles. The molecule has 0 bridgehead atoms. The van der Waals surface area contributed by atoms with E-state index in [1.54, 1.807) is 16.7 Å². The highest BCUT2D eigenvalue weighted by molar-refractivity contribution is 9.09. The fraction of sp³-hybridized carbons (Fsp3) is 0.643. The van der Waals surface area contributed by atoms with Gasteiger partial charge in [-0.3, -0.25) is 4.98 Å². The van der Waals surface area contributed by atoms with Gasteiger partial charge in [-0.25, -0.2) is 8.42 Å². The van der Waals surface area contributed by atoms with Gasteiger partial charge in [0.05, 0.1) is 5.75 Å². The molecule has 0 spiro atoms. The van der Waals surface area contributed by atoms with Crippen molar-refractivity contribution in [3.05, 3.63) is 30.1 Å². The summed E-state index contributed by atoms with van der Waals surface area (Å²) in [6.07, 6.45) is 8.25. The lowest BCUT2D eigenvalue weighted by Gasteiger charge is -2.27. The highest BCUT2D eigenvalue weighted by Gasteiger charge is 2.31. The van der Waals surface area contributed by atoms with Crippen LogP contribution < -0.4 is 0 Å². The molecule has 0 saturated heterocycles. The van der Waals surface area contributed by atoms with Gasteiger partial charge in [-0.2, -0.15) is 4.31 Å². The Morgan fingerprint density at radius 2 is 1.90 bits per heavy atom. The molecular weight excluding hydrogens is 340 g/mol. The molecule has 4 nitrogen and oxygen atoms in total. The van der Waals surface area contributed by atoms with Crippen LogP contribution in [0.4, 0.5) is 0 Å². The second-order valence-corrected chi connectivity index (χ2v) is 7.99. The number of pyridine rings is 1. The van der Waals surface area contributed by atoms with Crippen LogP contribution in [0.1, 0.15) is 31.2 Å². The fourth-order valence-electron chi connectivity index (χ4n) is 2.74. The van der Waals surface area contributed by atoms with Crippen LogP contribution >= 0.6 is 15.9 Å². The zero-order valence-electron chi connectivity index (χ0n) is 11.5. The van der Waals surface area contributed by atoms with E-state index in [4.69, 9.17) is 0 Å². The van der Waals surface area contributed by atoms with E-state index in [-0.39, 0.29) is 11.8 Å². The summed E-state index contributed by atoms with van der Waals surface area (Å²) < 4.78 is 26.9. The summed E-state index contributed by atoms with van der Waals surface area (Å²) >= 11 is 3.37. The van der Waals surface area contributed by atoms with Gasteiger partial charge < -0.3 is 0 Å². The number of nitrogens with zero attached hydrogens (tertiary/aromatic N) is 2. The van der Waals surface area contributed by atoms with Gasteiger partial charge in [-0.05, 0) is 37.0 Å². The van der Waals surface area contributed by atoms with Gasteiger partial charge in [0, 0.05) is 30.3 Å². The Labute approximate surface area is 129 Å². The van der Waals surface area contributed by atoms with Crippen LogP contribution in [0.5, 0.6) is 0 Å². The van der Waals surface area contributed by atoms with Crippen molar-refractivity contribution in [2.45, 2.75) is 38.1 Å². The summed E-state index contributed by atoms with van der Waals surface area (Å²) in [5.74, 6) is 0.181. The average Bonchev–Trinajstić information content (AvgIpc) is 2.97. The molecule has 6 heteroatoms. The van der Waals surface area contributed by atoms with Crippen LogP contribution in [-0.4, -0.2) is 41.4 Å². The number of aryl methyl sites for hydroxylation is 1. The Morgan fingerprint density at radius 3 is 2.50 bits per heavy atom. The average molecular weight is 361 g/mol. The number of halogens is 1. The molecule has 0 atom stereocenters. The van der Waals surface area contributed by atoms with Gasteiger partial charge in [0.1, 0.15) is 0 Å². The molecule has 0 radical (unpaired) electrons. The van der Waals surface area contributed by atoms with Crippen molar-refractivity contribution in [3.63, 3.8) is 0 Å². The van der Waals surface area contributed by atoms with Crippen molar-refractivity contribution in [2.75, 3.05) is 17.6 Å². The maximum atomic E-state index is 12.6. The summed E-state index contributed by atoms with van der Waals surface area (Å²) in [6, 6.07) is 3.95. The summed E-state index contributed by atoms with van der Waals surface area (Å²) in [5.41, 5.74) is 1.02. The van der Waals surface area contributed by atoms with E-state index in [0.717, 1.165) is 31.2 Å². The third kappa shape index (κ3) is 4.27. The Kier molecular flexibility index (Phi) is 5.99. The number of alkyl halides is 1. The van der Waals surface area contributed by atoms with E-state index >= 15 is 0 Å². The van der Waals surface area contributed by atoms with Crippen molar-refractivity contribution in [2.24, 2.45) is 0 Å². The maximum Gasteiger partial charge on any atom is 0.214 e. The van der Waals surface area contributed by atoms with Crippen molar-refractivity contribution < 1.29 is 8.42 Å². The van der Waals surface area contributed by atoms with E-state index in [1.165, 1.54) is 0 Å². The molecule has 0 aromatic carbocycles. The second-order valence-electron chi connectivity index (χ2n) is 5.16. The number of rotatable bonds is 7. The van der Waals surface area contributed by atoms with Crippen molar-refractivity contribution >= 4 is 26.0 Å². The Balaban J connectivity index is 2.02. The number of hydrogen-bond donors (Lipinski definition) is 0. The van der Waals surface area contributed by atoms with Gasteiger partial charge in [-0.15, -0.1) is 0 Å². The van der Waals surface area contributed by atoms with Gasteiger partial charge >= 0.3 is 0 Å². The van der Waals surface area contributed by atoms with Crippen LogP contribution in [0.3, 0.4) is 0 Å². The quantitative estimate of drug-likeness (QED) is 0.702. The molecule has 0 N–H and O–H groups in total. The van der Waals surface area contributed by atoms with Crippen LogP contribution in [0, 0.1) is 0 Å². The summed E-state index contributed by atoms with van der Waals surface area (Å²) in [7, 11) is -3.18. The Morgan fingerprint density at radius 1 is 1.25 bits per heavy atom. The molecule has 2 rings (SSSR count). The lowest BCUT2D eigenvalue weighted by Crippen LogP contribution is -2.41. The Hall–Kier alpha value is -0.460. The molecule has 0 unspecified atom stereocenters. The highest BCUT2D eigenvalue weighted by Crippen LogP contribution is 2.26. The van der Waals surface area contributed by atoms with Crippen molar-refractivity contribution in [3.8, 4) is 0 Å².